The molecule has 9 N–H and O–H groups in total. The van der Waals surface area contributed by atoms with Crippen LogP contribution in [0.15, 0.2) is 103 Å². The summed E-state index contributed by atoms with van der Waals surface area (Å²) in [6.07, 6.45) is 7.28. The maximum atomic E-state index is 11.0. The molecule has 0 radical (unpaired) electrons. The minimum atomic E-state index is -0.429. The van der Waals surface area contributed by atoms with Gasteiger partial charge in [-0.3, -0.25) is 0 Å². The highest BCUT2D eigenvalue weighted by atomic mass is 16.3. The smallest absolute Gasteiger partial charge is 0.159 e. The molecule has 0 unspecified atom stereocenters. The molecule has 0 saturated heterocycles. The van der Waals surface area contributed by atoms with Crippen molar-refractivity contribution in [2.75, 3.05) is 0 Å². The van der Waals surface area contributed by atoms with E-state index in [1.54, 1.807) is 41.0 Å². The van der Waals surface area contributed by atoms with Crippen LogP contribution in [-0.2, 0) is 0 Å². The first-order valence-corrected chi connectivity index (χ1v) is 17.3. The second-order valence-electron chi connectivity index (χ2n) is 13.3. The van der Waals surface area contributed by atoms with Gasteiger partial charge in [0, 0.05) is 33.8 Å². The van der Waals surface area contributed by atoms with E-state index in [2.05, 4.69) is 4.98 Å². The lowest BCUT2D eigenvalue weighted by Gasteiger charge is -2.14. The molecule has 2 aliphatic heterocycles. The first kappa shape index (κ1) is 33.7. The third-order valence-electron chi connectivity index (χ3n) is 9.68. The Morgan fingerprint density at radius 3 is 1.41 bits per heavy atom. The van der Waals surface area contributed by atoms with Crippen molar-refractivity contribution in [3.05, 3.63) is 126 Å². The van der Waals surface area contributed by atoms with Crippen LogP contribution in [0.25, 0.3) is 85.4 Å². The minimum absolute atomic E-state index is 0.343. The van der Waals surface area contributed by atoms with Gasteiger partial charge in [-0.05, 0) is 120 Å². The van der Waals surface area contributed by atoms with Gasteiger partial charge in [0.2, 0.25) is 0 Å². The molecule has 7 aromatic rings. The van der Waals surface area contributed by atoms with Crippen LogP contribution in [0.3, 0.4) is 0 Å². The zero-order chi connectivity index (χ0) is 38.8. The molecule has 0 amide bonds. The maximum Gasteiger partial charge on any atom is 0.159 e. The zero-order valence-corrected chi connectivity index (χ0v) is 29.0. The van der Waals surface area contributed by atoms with Gasteiger partial charge < -0.3 is 50.4 Å². The van der Waals surface area contributed by atoms with Crippen LogP contribution in [0.1, 0.15) is 22.8 Å². The Kier molecular flexibility index (Phi) is 7.69. The molecule has 0 fully saturated rings. The highest BCUT2D eigenvalue weighted by Gasteiger charge is 2.27. The number of benzene rings is 4. The molecule has 0 aliphatic carbocycles. The Bertz CT molecular complexity index is 3030. The predicted molar refractivity (Wildman–Crippen MR) is 213 cm³/mol. The van der Waals surface area contributed by atoms with Crippen LogP contribution in [0, 0.1) is 0 Å². The number of H-pyrrole nitrogens is 1. The van der Waals surface area contributed by atoms with E-state index in [1.165, 1.54) is 48.5 Å². The predicted octanol–water partition coefficient (Wildman–Crippen LogP) is 8.76. The average molecular weight is 743 g/mol. The molecule has 8 bridgehead atoms. The first-order chi connectivity index (χ1) is 27.0. The maximum absolute atomic E-state index is 11.0. The van der Waals surface area contributed by atoms with Crippen molar-refractivity contribution in [1.29, 1.82) is 0 Å². The Balaban J connectivity index is 1.63. The van der Waals surface area contributed by atoms with E-state index >= 15 is 0 Å². The highest BCUT2D eigenvalue weighted by Crippen LogP contribution is 2.50. The van der Waals surface area contributed by atoms with Gasteiger partial charge in [-0.25, -0.2) is 9.97 Å². The van der Waals surface area contributed by atoms with Crippen molar-refractivity contribution >= 4 is 46.4 Å². The lowest BCUT2D eigenvalue weighted by molar-refractivity contribution is 0.403. The summed E-state index contributed by atoms with van der Waals surface area (Å²) in [6, 6.07) is 26.7. The summed E-state index contributed by atoms with van der Waals surface area (Å²) in [5.41, 5.74) is 7.31. The lowest BCUT2D eigenvalue weighted by atomic mass is 9.92. The molecule has 12 heteroatoms. The number of hydrogen-bond acceptors (Lipinski definition) is 10. The summed E-state index contributed by atoms with van der Waals surface area (Å²) in [7, 11) is 0. The van der Waals surface area contributed by atoms with Crippen molar-refractivity contribution in [1.82, 2.24) is 19.5 Å². The van der Waals surface area contributed by atoms with Crippen LogP contribution in [0.4, 0.5) is 0 Å². The van der Waals surface area contributed by atoms with Gasteiger partial charge in [0.1, 0.15) is 0 Å². The largest absolute Gasteiger partial charge is 0.504 e. The summed E-state index contributed by atoms with van der Waals surface area (Å²) in [5, 5.41) is 85.6. The topological polar surface area (TPSA) is 208 Å². The van der Waals surface area contributed by atoms with E-state index in [0.29, 0.717) is 72.9 Å². The molecule has 9 rings (SSSR count). The molecule has 3 aromatic heterocycles. The number of fused-ring (bicyclic) bond motifs is 8. The third-order valence-corrected chi connectivity index (χ3v) is 9.68. The van der Waals surface area contributed by atoms with Gasteiger partial charge in [0.05, 0.1) is 39.5 Å². The fraction of sp³-hybridized carbons (Fsp3) is 0. The SMILES string of the molecule is Oc1ccc(-c2c(-c3ccc(O)c(O)c3)c3c(-c4ccc(O)c(O)c4)c4nc(cc5ccc(cc6nc(cc2n3-c2ccc(O)c(O)c2)C=C6)[nH]5)C=C4)cc1O. The Morgan fingerprint density at radius 1 is 0.393 bits per heavy atom. The van der Waals surface area contributed by atoms with Crippen LogP contribution in [-0.4, -0.2) is 60.4 Å². The number of hydrogen-bond donors (Lipinski definition) is 9. The number of phenols is 8. The van der Waals surface area contributed by atoms with Crippen molar-refractivity contribution in [3.63, 3.8) is 0 Å². The van der Waals surface area contributed by atoms with Crippen molar-refractivity contribution in [2.45, 2.75) is 0 Å². The van der Waals surface area contributed by atoms with Gasteiger partial charge in [0.25, 0.3) is 0 Å². The summed E-state index contributed by atoms with van der Waals surface area (Å²) in [5.74, 6) is -3.15. The molecule has 4 aromatic carbocycles. The summed E-state index contributed by atoms with van der Waals surface area (Å²) in [6.45, 7) is 0. The van der Waals surface area contributed by atoms with Crippen LogP contribution in [0.2, 0.25) is 0 Å². The fourth-order valence-electron chi connectivity index (χ4n) is 7.11. The van der Waals surface area contributed by atoms with Gasteiger partial charge in [0.15, 0.2) is 46.0 Å². The number of aromatic nitrogens is 4. The van der Waals surface area contributed by atoms with E-state index in [9.17, 15) is 40.9 Å². The van der Waals surface area contributed by atoms with Crippen molar-refractivity contribution in [2.24, 2.45) is 0 Å². The standard InChI is InChI=1S/C44H30N4O8/c49-33-11-1-22(15-37(33)53)41-31-10-8-28(47-31)19-27-5-4-25(45-27)18-26-6-7-29(46-26)20-32-42(23-2-12-34(50)38(54)16-23)43(24-3-13-35(51)39(55)17-24)44(41)48(32)30-9-14-36(52)40(56)21-30/h1-21,45,49-56H. The summed E-state index contributed by atoms with van der Waals surface area (Å²) in [4.78, 5) is 13.3. The molecule has 0 saturated carbocycles. The molecule has 2 aliphatic rings. The Labute approximate surface area is 317 Å². The van der Waals surface area contributed by atoms with Crippen LogP contribution >= 0.6 is 0 Å². The lowest BCUT2D eigenvalue weighted by Crippen LogP contribution is -1.97. The van der Waals surface area contributed by atoms with Crippen molar-refractivity contribution < 1.29 is 40.9 Å². The van der Waals surface area contributed by atoms with Crippen molar-refractivity contribution in [3.8, 4) is 85.1 Å². The van der Waals surface area contributed by atoms with E-state index in [0.717, 1.165) is 11.0 Å². The molecule has 5 heterocycles. The molecule has 12 nitrogen and oxygen atoms in total. The second-order valence-corrected chi connectivity index (χ2v) is 13.3. The quantitative estimate of drug-likeness (QED) is 0.0783. The molecular weight excluding hydrogens is 713 g/mol. The zero-order valence-electron chi connectivity index (χ0n) is 29.0. The van der Waals surface area contributed by atoms with Gasteiger partial charge >= 0.3 is 0 Å². The number of aromatic hydroxyl groups is 8. The summed E-state index contributed by atoms with van der Waals surface area (Å²) >= 11 is 0. The molecular formula is C44H30N4O8. The van der Waals surface area contributed by atoms with E-state index in [4.69, 9.17) is 9.97 Å². The van der Waals surface area contributed by atoms with Gasteiger partial charge in [-0.2, -0.15) is 0 Å². The van der Waals surface area contributed by atoms with E-state index < -0.39 is 23.0 Å². The monoisotopic (exact) mass is 742 g/mol. The van der Waals surface area contributed by atoms with E-state index in [1.807, 2.05) is 42.5 Å². The number of nitrogens with zero attached hydrogens (tertiary/aromatic N) is 3. The minimum Gasteiger partial charge on any atom is -0.504 e. The molecule has 0 atom stereocenters. The molecule has 274 valence electrons. The number of rotatable bonds is 4. The Hall–Kier alpha value is -8.12. The normalized spacial score (nSPS) is 12.0. The average Bonchev–Trinajstić information content (AvgIpc) is 3.98. The number of aromatic amines is 1. The summed E-state index contributed by atoms with van der Waals surface area (Å²) < 4.78 is 1.79. The fourth-order valence-corrected chi connectivity index (χ4v) is 7.11. The third kappa shape index (κ3) is 5.74. The van der Waals surface area contributed by atoms with Crippen LogP contribution in [0.5, 0.6) is 46.0 Å². The van der Waals surface area contributed by atoms with E-state index in [-0.39, 0.29) is 23.0 Å². The number of nitrogens with one attached hydrogen (secondary N) is 1. The van der Waals surface area contributed by atoms with Gasteiger partial charge in [-0.1, -0.05) is 18.2 Å². The second kappa shape index (κ2) is 12.8. The first-order valence-electron chi connectivity index (χ1n) is 17.3. The number of phenolic OH excluding ortho intramolecular Hbond substituents is 8. The highest BCUT2D eigenvalue weighted by molar-refractivity contribution is 6.11. The molecule has 56 heavy (non-hydrogen) atoms. The Morgan fingerprint density at radius 2 is 0.857 bits per heavy atom. The molecule has 0 spiro atoms. The van der Waals surface area contributed by atoms with Gasteiger partial charge in [-0.15, -0.1) is 0 Å². The van der Waals surface area contributed by atoms with Crippen LogP contribution < -0.4 is 0 Å².